The van der Waals surface area contributed by atoms with Crippen molar-refractivity contribution in [3.8, 4) is 0 Å². The standard InChI is InChI=1S/C7H9F3/c1-3-4-6(2)5-7(8,9)10/h3-5H,1-2H3/b4-3-,6-5-. The molecule has 0 spiro atoms. The molecule has 0 aliphatic rings. The lowest BCUT2D eigenvalue weighted by molar-refractivity contribution is -0.0803. The van der Waals surface area contributed by atoms with E-state index in [-0.39, 0.29) is 11.6 Å². The van der Waals surface area contributed by atoms with Gasteiger partial charge in [-0.3, -0.25) is 0 Å². The minimum atomic E-state index is -4.19. The lowest BCUT2D eigenvalue weighted by Gasteiger charge is -1.98. The number of allylic oxidation sites excluding steroid dienone is 4. The Morgan fingerprint density at radius 2 is 1.80 bits per heavy atom. The molecule has 0 aromatic heterocycles. The average Bonchev–Trinajstić information content (AvgIpc) is 1.59. The Morgan fingerprint density at radius 3 is 2.10 bits per heavy atom. The highest BCUT2D eigenvalue weighted by Crippen LogP contribution is 2.18. The summed E-state index contributed by atoms with van der Waals surface area (Å²) in [5.74, 6) is 0. The van der Waals surface area contributed by atoms with Gasteiger partial charge in [0.05, 0.1) is 0 Å². The molecule has 0 atom stereocenters. The zero-order chi connectivity index (χ0) is 8.20. The quantitative estimate of drug-likeness (QED) is 0.504. The molecule has 0 N–H and O–H groups in total. The topological polar surface area (TPSA) is 0 Å². The van der Waals surface area contributed by atoms with Crippen molar-refractivity contribution >= 4 is 0 Å². The van der Waals surface area contributed by atoms with E-state index in [1.165, 1.54) is 13.0 Å². The second-order valence-electron chi connectivity index (χ2n) is 1.93. The third-order valence-corrected chi connectivity index (χ3v) is 0.821. The molecule has 0 unspecified atom stereocenters. The van der Waals surface area contributed by atoms with Gasteiger partial charge in [0.2, 0.25) is 0 Å². The second-order valence-corrected chi connectivity index (χ2v) is 1.93. The summed E-state index contributed by atoms with van der Waals surface area (Å²) in [5.41, 5.74) is 0.218. The molecule has 0 bridgehead atoms. The molecule has 0 saturated carbocycles. The molecule has 10 heavy (non-hydrogen) atoms. The fourth-order valence-corrected chi connectivity index (χ4v) is 0.569. The smallest absolute Gasteiger partial charge is 0.167 e. The van der Waals surface area contributed by atoms with Gasteiger partial charge < -0.3 is 0 Å². The fraction of sp³-hybridized carbons (Fsp3) is 0.429. The third-order valence-electron chi connectivity index (χ3n) is 0.821. The van der Waals surface area contributed by atoms with E-state index in [4.69, 9.17) is 0 Å². The molecule has 0 heterocycles. The molecular weight excluding hydrogens is 141 g/mol. The summed E-state index contributed by atoms with van der Waals surface area (Å²) in [6.07, 6.45) is -0.943. The molecule has 0 aromatic carbocycles. The molecule has 0 nitrogen and oxygen atoms in total. The molecule has 0 aliphatic heterocycles. The van der Waals surface area contributed by atoms with E-state index in [2.05, 4.69) is 0 Å². The van der Waals surface area contributed by atoms with Crippen LogP contribution in [0.15, 0.2) is 23.8 Å². The highest BCUT2D eigenvalue weighted by molar-refractivity contribution is 5.16. The molecule has 0 rings (SSSR count). The zero-order valence-corrected chi connectivity index (χ0v) is 5.87. The maximum atomic E-state index is 11.5. The Bertz CT molecular complexity index is 151. The number of hydrogen-bond acceptors (Lipinski definition) is 0. The van der Waals surface area contributed by atoms with Crippen molar-refractivity contribution in [1.29, 1.82) is 0 Å². The summed E-state index contributed by atoms with van der Waals surface area (Å²) in [6, 6.07) is 0. The van der Waals surface area contributed by atoms with Crippen molar-refractivity contribution in [3.05, 3.63) is 23.8 Å². The highest BCUT2D eigenvalue weighted by Gasteiger charge is 2.22. The van der Waals surface area contributed by atoms with E-state index in [1.807, 2.05) is 0 Å². The van der Waals surface area contributed by atoms with Crippen LogP contribution in [0.3, 0.4) is 0 Å². The van der Waals surface area contributed by atoms with Gasteiger partial charge in [0, 0.05) is 6.08 Å². The number of hydrogen-bond donors (Lipinski definition) is 0. The molecule has 3 heteroatoms. The first-order valence-electron chi connectivity index (χ1n) is 2.84. The van der Waals surface area contributed by atoms with Crippen LogP contribution in [0, 0.1) is 0 Å². The van der Waals surface area contributed by atoms with Crippen molar-refractivity contribution in [2.24, 2.45) is 0 Å². The lowest BCUT2D eigenvalue weighted by atomic mass is 10.2. The van der Waals surface area contributed by atoms with E-state index in [9.17, 15) is 13.2 Å². The van der Waals surface area contributed by atoms with E-state index in [0.29, 0.717) is 0 Å². The largest absolute Gasteiger partial charge is 0.410 e. The van der Waals surface area contributed by atoms with Gasteiger partial charge in [0.1, 0.15) is 0 Å². The number of rotatable bonds is 1. The van der Waals surface area contributed by atoms with Crippen molar-refractivity contribution in [2.75, 3.05) is 0 Å². The van der Waals surface area contributed by atoms with Crippen LogP contribution in [0.25, 0.3) is 0 Å². The molecule has 0 saturated heterocycles. The van der Waals surface area contributed by atoms with E-state index in [0.717, 1.165) is 0 Å². The van der Waals surface area contributed by atoms with Gasteiger partial charge in [-0.15, -0.1) is 0 Å². The number of halogens is 3. The molecule has 58 valence electrons. The number of alkyl halides is 3. The molecular formula is C7H9F3. The predicted molar refractivity (Wildman–Crippen MR) is 34.6 cm³/mol. The van der Waals surface area contributed by atoms with E-state index < -0.39 is 6.18 Å². The third kappa shape index (κ3) is 5.41. The van der Waals surface area contributed by atoms with Crippen molar-refractivity contribution < 1.29 is 13.2 Å². The van der Waals surface area contributed by atoms with Gasteiger partial charge >= 0.3 is 6.18 Å². The van der Waals surface area contributed by atoms with Gasteiger partial charge in [-0.05, 0) is 19.4 Å². The second kappa shape index (κ2) is 3.44. The van der Waals surface area contributed by atoms with Crippen molar-refractivity contribution in [2.45, 2.75) is 20.0 Å². The SMILES string of the molecule is C/C=C\C(C)=C/C(F)(F)F. The molecule has 0 fully saturated rings. The summed E-state index contributed by atoms with van der Waals surface area (Å²) in [7, 11) is 0. The normalized spacial score (nSPS) is 14.7. The maximum absolute atomic E-state index is 11.5. The van der Waals surface area contributed by atoms with Crippen LogP contribution in [-0.2, 0) is 0 Å². The highest BCUT2D eigenvalue weighted by atomic mass is 19.4. The fourth-order valence-electron chi connectivity index (χ4n) is 0.569. The summed E-state index contributed by atoms with van der Waals surface area (Å²) in [6.45, 7) is 3.08. The van der Waals surface area contributed by atoms with Crippen LogP contribution in [0.5, 0.6) is 0 Å². The van der Waals surface area contributed by atoms with E-state index in [1.54, 1.807) is 13.0 Å². The van der Waals surface area contributed by atoms with Gasteiger partial charge in [-0.1, -0.05) is 12.2 Å². The Kier molecular flexibility index (Phi) is 3.19. The Morgan fingerprint density at radius 1 is 1.30 bits per heavy atom. The molecule has 0 amide bonds. The summed E-state index contributed by atoms with van der Waals surface area (Å²) in [4.78, 5) is 0. The van der Waals surface area contributed by atoms with Crippen LogP contribution in [0.1, 0.15) is 13.8 Å². The van der Waals surface area contributed by atoms with Crippen LogP contribution in [0.4, 0.5) is 13.2 Å². The zero-order valence-electron chi connectivity index (χ0n) is 5.87. The van der Waals surface area contributed by atoms with Gasteiger partial charge in [-0.25, -0.2) is 0 Å². The molecule has 0 aromatic rings. The van der Waals surface area contributed by atoms with Crippen molar-refractivity contribution in [1.82, 2.24) is 0 Å². The van der Waals surface area contributed by atoms with Gasteiger partial charge in [0.15, 0.2) is 0 Å². The predicted octanol–water partition coefficient (Wildman–Crippen LogP) is 3.07. The lowest BCUT2D eigenvalue weighted by Crippen LogP contribution is -2.01. The van der Waals surface area contributed by atoms with E-state index >= 15 is 0 Å². The van der Waals surface area contributed by atoms with Crippen molar-refractivity contribution in [3.63, 3.8) is 0 Å². The minimum Gasteiger partial charge on any atom is -0.167 e. The first-order chi connectivity index (χ1) is 4.45. The first-order valence-corrected chi connectivity index (χ1v) is 2.84. The van der Waals surface area contributed by atoms with Gasteiger partial charge in [0.25, 0.3) is 0 Å². The van der Waals surface area contributed by atoms with Gasteiger partial charge in [-0.2, -0.15) is 13.2 Å². The first kappa shape index (κ1) is 9.27. The summed E-state index contributed by atoms with van der Waals surface area (Å²) in [5, 5.41) is 0. The molecule has 0 aliphatic carbocycles. The average molecular weight is 150 g/mol. The summed E-state index contributed by atoms with van der Waals surface area (Å²) >= 11 is 0. The Hall–Kier alpha value is -0.730. The van der Waals surface area contributed by atoms with Crippen LogP contribution >= 0.6 is 0 Å². The molecule has 0 radical (unpaired) electrons. The van der Waals surface area contributed by atoms with Crippen LogP contribution < -0.4 is 0 Å². The minimum absolute atomic E-state index is 0.218. The maximum Gasteiger partial charge on any atom is 0.410 e. The monoisotopic (exact) mass is 150 g/mol. The summed E-state index contributed by atoms with van der Waals surface area (Å²) < 4.78 is 34.6. The van der Waals surface area contributed by atoms with Crippen LogP contribution in [-0.4, -0.2) is 6.18 Å². The Labute approximate surface area is 58.0 Å². The Balaban J connectivity index is 4.17. The van der Waals surface area contributed by atoms with Crippen LogP contribution in [0.2, 0.25) is 0 Å².